The second-order valence-electron chi connectivity index (χ2n) is 5.03. The predicted molar refractivity (Wildman–Crippen MR) is 75.6 cm³/mol. The highest BCUT2D eigenvalue weighted by atomic mass is 19.3. The molecule has 0 amide bonds. The number of halogens is 6. The van der Waals surface area contributed by atoms with E-state index in [2.05, 4.69) is 0 Å². The van der Waals surface area contributed by atoms with Gasteiger partial charge in [0, 0.05) is 5.56 Å². The first-order valence-electron chi connectivity index (χ1n) is 6.54. The third-order valence-electron chi connectivity index (χ3n) is 3.66. The molecule has 0 saturated heterocycles. The van der Waals surface area contributed by atoms with Gasteiger partial charge in [0.2, 0.25) is 11.6 Å². The Kier molecular flexibility index (Phi) is 6.06. The van der Waals surface area contributed by atoms with Crippen LogP contribution in [0.5, 0.6) is 11.5 Å². The van der Waals surface area contributed by atoms with E-state index in [0.717, 1.165) is 24.3 Å². The molecule has 0 aliphatic heterocycles. The van der Waals surface area contributed by atoms with Crippen molar-refractivity contribution in [2.24, 2.45) is 0 Å². The van der Waals surface area contributed by atoms with E-state index in [-0.39, 0.29) is 11.3 Å². The second-order valence-corrected chi connectivity index (χ2v) is 5.03. The molecule has 0 aliphatic carbocycles. The van der Waals surface area contributed by atoms with Crippen molar-refractivity contribution in [1.82, 2.24) is 0 Å². The Labute approximate surface area is 138 Å². The molecule has 2 aromatic rings. The number of carbonyl (C=O) groups is 1. The third kappa shape index (κ3) is 3.26. The Hall–Kier alpha value is -2.71. The van der Waals surface area contributed by atoms with Gasteiger partial charge in [-0.25, -0.2) is 17.6 Å². The van der Waals surface area contributed by atoms with Crippen molar-refractivity contribution in [3.63, 3.8) is 0 Å². The molecule has 0 fully saturated rings. The molecule has 0 radical (unpaired) electrons. The second kappa shape index (κ2) is 7.45. The normalized spacial score (nSPS) is 13.1. The quantitative estimate of drug-likeness (QED) is 0.637. The highest BCUT2D eigenvalue weighted by Gasteiger charge is 2.45. The maximum Gasteiger partial charge on any atom is 0.252 e. The van der Waals surface area contributed by atoms with E-state index >= 15 is 0 Å². The van der Waals surface area contributed by atoms with Gasteiger partial charge in [0.1, 0.15) is 12.5 Å². The fourth-order valence-corrected chi connectivity index (χ4v) is 2.26. The number of aromatic hydroxyl groups is 2. The molecule has 1 unspecified atom stereocenters. The number of rotatable bonds is 3. The van der Waals surface area contributed by atoms with Crippen LogP contribution in [0.3, 0.4) is 0 Å². The van der Waals surface area contributed by atoms with Gasteiger partial charge in [-0.3, -0.25) is 0 Å². The van der Waals surface area contributed by atoms with Crippen molar-refractivity contribution in [3.8, 4) is 11.5 Å². The molecule has 0 saturated carbocycles. The van der Waals surface area contributed by atoms with E-state index in [1.54, 1.807) is 0 Å². The SMILES string of the molecule is C=O.CC(c1ccc(O)cc1)(c1c(F)c(F)c(O)c(F)c1F)C(F)F. The maximum atomic E-state index is 14.0. The summed E-state index contributed by atoms with van der Waals surface area (Å²) in [5.74, 6) is -10.8. The van der Waals surface area contributed by atoms with Crippen LogP contribution >= 0.6 is 0 Å². The van der Waals surface area contributed by atoms with Gasteiger partial charge in [0.25, 0.3) is 6.43 Å². The molecular weight excluding hydrogens is 354 g/mol. The van der Waals surface area contributed by atoms with Gasteiger partial charge in [0.15, 0.2) is 17.4 Å². The third-order valence-corrected chi connectivity index (χ3v) is 3.66. The molecule has 0 bridgehead atoms. The molecule has 2 rings (SSSR count). The minimum Gasteiger partial charge on any atom is -0.508 e. The summed E-state index contributed by atoms with van der Waals surface area (Å²) >= 11 is 0. The lowest BCUT2D eigenvalue weighted by Gasteiger charge is -2.31. The zero-order valence-corrected chi connectivity index (χ0v) is 12.7. The first-order valence-corrected chi connectivity index (χ1v) is 6.54. The molecule has 9 heteroatoms. The fraction of sp³-hybridized carbons (Fsp3) is 0.188. The van der Waals surface area contributed by atoms with Gasteiger partial charge >= 0.3 is 0 Å². The summed E-state index contributed by atoms with van der Waals surface area (Å²) in [5, 5.41) is 18.1. The Morgan fingerprint density at radius 1 is 0.880 bits per heavy atom. The maximum absolute atomic E-state index is 14.0. The van der Waals surface area contributed by atoms with E-state index in [0.29, 0.717) is 6.92 Å². The number of alkyl halides is 2. The van der Waals surface area contributed by atoms with E-state index in [9.17, 15) is 31.4 Å². The number of benzene rings is 2. The summed E-state index contributed by atoms with van der Waals surface area (Å²) in [6.07, 6.45) is -3.45. The molecular formula is C16H12F6O3. The Morgan fingerprint density at radius 2 is 1.28 bits per heavy atom. The van der Waals surface area contributed by atoms with Crippen LogP contribution in [-0.2, 0) is 10.2 Å². The molecule has 25 heavy (non-hydrogen) atoms. The average molecular weight is 366 g/mol. The summed E-state index contributed by atoms with van der Waals surface area (Å²) < 4.78 is 82.1. The molecule has 0 spiro atoms. The molecule has 1 atom stereocenters. The molecule has 2 aromatic carbocycles. The van der Waals surface area contributed by atoms with Crippen molar-refractivity contribution in [2.75, 3.05) is 0 Å². The first kappa shape index (κ1) is 20.3. The molecule has 2 N–H and O–H groups in total. The minimum atomic E-state index is -3.45. The number of phenolic OH excluding ortho intramolecular Hbond substituents is 2. The zero-order chi connectivity index (χ0) is 19.5. The van der Waals surface area contributed by atoms with Gasteiger partial charge in [-0.05, 0) is 24.6 Å². The molecule has 0 aromatic heterocycles. The number of phenols is 2. The number of hydrogen-bond donors (Lipinski definition) is 2. The molecule has 136 valence electrons. The highest BCUT2D eigenvalue weighted by molar-refractivity contribution is 5.46. The van der Waals surface area contributed by atoms with Crippen LogP contribution in [0.4, 0.5) is 26.3 Å². The van der Waals surface area contributed by atoms with Crippen molar-refractivity contribution in [1.29, 1.82) is 0 Å². The van der Waals surface area contributed by atoms with E-state index in [1.165, 1.54) is 0 Å². The van der Waals surface area contributed by atoms with E-state index < -0.39 is 46.4 Å². The summed E-state index contributed by atoms with van der Waals surface area (Å²) in [7, 11) is 0. The first-order chi connectivity index (χ1) is 11.6. The lowest BCUT2D eigenvalue weighted by Crippen LogP contribution is -2.35. The van der Waals surface area contributed by atoms with Crippen LogP contribution in [-0.4, -0.2) is 23.4 Å². The Bertz CT molecular complexity index is 734. The lowest BCUT2D eigenvalue weighted by molar-refractivity contribution is -0.0980. The van der Waals surface area contributed by atoms with Crippen molar-refractivity contribution in [3.05, 3.63) is 58.7 Å². The minimum absolute atomic E-state index is 0.297. The summed E-state index contributed by atoms with van der Waals surface area (Å²) in [6, 6.07) is 3.86. The Morgan fingerprint density at radius 3 is 1.64 bits per heavy atom. The molecule has 3 nitrogen and oxygen atoms in total. The lowest BCUT2D eigenvalue weighted by atomic mass is 9.75. The van der Waals surface area contributed by atoms with Crippen LogP contribution in [0.2, 0.25) is 0 Å². The van der Waals surface area contributed by atoms with Gasteiger partial charge < -0.3 is 15.0 Å². The van der Waals surface area contributed by atoms with Crippen LogP contribution in [0.25, 0.3) is 0 Å². The molecule has 0 aliphatic rings. The number of carbonyl (C=O) groups excluding carboxylic acids is 1. The summed E-state index contributed by atoms with van der Waals surface area (Å²) in [6.45, 7) is 2.70. The summed E-state index contributed by atoms with van der Waals surface area (Å²) in [5.41, 5.74) is -4.68. The van der Waals surface area contributed by atoms with Gasteiger partial charge in [-0.15, -0.1) is 0 Å². The smallest absolute Gasteiger partial charge is 0.252 e. The number of hydrogen-bond acceptors (Lipinski definition) is 3. The zero-order valence-electron chi connectivity index (χ0n) is 12.7. The van der Waals surface area contributed by atoms with Crippen molar-refractivity contribution < 1.29 is 41.4 Å². The van der Waals surface area contributed by atoms with Crippen LogP contribution in [0, 0.1) is 23.3 Å². The van der Waals surface area contributed by atoms with Crippen molar-refractivity contribution in [2.45, 2.75) is 18.8 Å². The summed E-state index contributed by atoms with van der Waals surface area (Å²) in [4.78, 5) is 8.00. The Balaban J connectivity index is 0.00000151. The van der Waals surface area contributed by atoms with Crippen LogP contribution in [0.15, 0.2) is 24.3 Å². The van der Waals surface area contributed by atoms with Crippen LogP contribution in [0.1, 0.15) is 18.1 Å². The average Bonchev–Trinajstić information content (AvgIpc) is 2.60. The van der Waals surface area contributed by atoms with Gasteiger partial charge in [0.05, 0.1) is 5.41 Å². The monoisotopic (exact) mass is 366 g/mol. The van der Waals surface area contributed by atoms with Gasteiger partial charge in [-0.2, -0.15) is 8.78 Å². The highest BCUT2D eigenvalue weighted by Crippen LogP contribution is 2.43. The molecule has 0 heterocycles. The largest absolute Gasteiger partial charge is 0.508 e. The van der Waals surface area contributed by atoms with Crippen molar-refractivity contribution >= 4 is 6.79 Å². The van der Waals surface area contributed by atoms with Gasteiger partial charge in [-0.1, -0.05) is 12.1 Å². The predicted octanol–water partition coefficient (Wildman–Crippen LogP) is 4.04. The van der Waals surface area contributed by atoms with E-state index in [1.807, 2.05) is 6.79 Å². The van der Waals surface area contributed by atoms with Crippen LogP contribution < -0.4 is 0 Å². The van der Waals surface area contributed by atoms with E-state index in [4.69, 9.17) is 9.90 Å². The standard InChI is InChI=1S/C15H10F6O2.CH2O/c1-15(14(20)21,6-2-4-7(22)5-3-6)8-9(16)11(18)13(23)12(19)10(8)17;1-2/h2-5,14,22-23H,1H3;1H2. The fourth-order valence-electron chi connectivity index (χ4n) is 2.26. The topological polar surface area (TPSA) is 57.5 Å².